The molecule has 0 radical (unpaired) electrons. The molecule has 3 aromatic rings. The van der Waals surface area contributed by atoms with Crippen LogP contribution in [0.15, 0.2) is 30.5 Å². The molecule has 8 heteroatoms. The zero-order chi connectivity index (χ0) is 22.5. The third kappa shape index (κ3) is 4.49. The number of nitrogens with one attached hydrogen (secondary N) is 1. The largest absolute Gasteiger partial charge is 0.390 e. The van der Waals surface area contributed by atoms with Gasteiger partial charge in [0.05, 0.1) is 29.7 Å². The maximum Gasteiger partial charge on any atom is 0.390 e. The fraction of sp³-hybridized carbons (Fsp3) is 0.458. The van der Waals surface area contributed by atoms with Crippen LogP contribution >= 0.6 is 0 Å². The Hall–Kier alpha value is -2.90. The molecule has 0 aliphatic heterocycles. The van der Waals surface area contributed by atoms with Gasteiger partial charge in [0.15, 0.2) is 11.4 Å². The van der Waals surface area contributed by atoms with Gasteiger partial charge in [-0.15, -0.1) is 0 Å². The number of hydrogen-bond donors (Lipinski definition) is 1. The van der Waals surface area contributed by atoms with E-state index < -0.39 is 12.6 Å². The summed E-state index contributed by atoms with van der Waals surface area (Å²) in [6.45, 7) is 1.71. The molecule has 2 aromatic heterocycles. The van der Waals surface area contributed by atoms with Gasteiger partial charge in [-0.25, -0.2) is 9.50 Å². The Morgan fingerprint density at radius 2 is 1.97 bits per heavy atom. The van der Waals surface area contributed by atoms with E-state index in [4.69, 9.17) is 5.10 Å². The third-order valence-corrected chi connectivity index (χ3v) is 6.20. The number of imidazole rings is 1. The molecule has 0 bridgehead atoms. The van der Waals surface area contributed by atoms with Crippen LogP contribution in [0.3, 0.4) is 0 Å². The van der Waals surface area contributed by atoms with Crippen molar-refractivity contribution >= 4 is 17.1 Å². The Kier molecular flexibility index (Phi) is 5.18. The quantitative estimate of drug-likeness (QED) is 0.440. The first-order valence-corrected chi connectivity index (χ1v) is 11.1. The van der Waals surface area contributed by atoms with Crippen LogP contribution in [0.25, 0.3) is 16.9 Å². The zero-order valence-corrected chi connectivity index (χ0v) is 17.9. The molecular formula is C24H25F3N4O. The molecule has 32 heavy (non-hydrogen) atoms. The molecule has 1 N–H and O–H groups in total. The standard InChI is InChI=1S/C24H25F3N4O/c1-14-10-17(6-7-18(14)22(32)11-15-2-3-15)21-13-29-23-20(28-9-8-24(25,26)27)12-19(16-4-5-16)30-31(21)23/h6-7,10,12-13,15-16,28H,2-5,8-9,11H2,1H3. The fourth-order valence-electron chi connectivity index (χ4n) is 4.06. The SMILES string of the molecule is Cc1cc(-c2cnc3c(NCCC(F)(F)F)cc(C4CC4)nn23)ccc1C(=O)CC1CC1. The van der Waals surface area contributed by atoms with E-state index in [2.05, 4.69) is 10.3 Å². The number of benzene rings is 1. The molecule has 2 heterocycles. The number of alkyl halides is 3. The number of fused-ring (bicyclic) bond motifs is 1. The van der Waals surface area contributed by atoms with Gasteiger partial charge in [0.2, 0.25) is 0 Å². The molecule has 5 rings (SSSR count). The topological polar surface area (TPSA) is 59.3 Å². The number of nitrogens with zero attached hydrogens (tertiary/aromatic N) is 3. The van der Waals surface area contributed by atoms with Gasteiger partial charge in [0.25, 0.3) is 0 Å². The van der Waals surface area contributed by atoms with Crippen LogP contribution < -0.4 is 5.32 Å². The minimum absolute atomic E-state index is 0.181. The van der Waals surface area contributed by atoms with Crippen LogP contribution in [0.1, 0.15) is 66.1 Å². The lowest BCUT2D eigenvalue weighted by Crippen LogP contribution is -2.15. The summed E-state index contributed by atoms with van der Waals surface area (Å²) in [4.78, 5) is 17.0. The smallest absolute Gasteiger partial charge is 0.382 e. The predicted molar refractivity (Wildman–Crippen MR) is 116 cm³/mol. The molecule has 0 saturated heterocycles. The van der Waals surface area contributed by atoms with Crippen molar-refractivity contribution in [3.8, 4) is 11.3 Å². The molecule has 5 nitrogen and oxygen atoms in total. The van der Waals surface area contributed by atoms with Gasteiger partial charge in [0.1, 0.15) is 0 Å². The number of aromatic nitrogens is 3. The molecule has 1 aromatic carbocycles. The van der Waals surface area contributed by atoms with E-state index in [0.29, 0.717) is 29.6 Å². The van der Waals surface area contributed by atoms with Crippen molar-refractivity contribution in [1.82, 2.24) is 14.6 Å². The molecule has 0 amide bonds. The van der Waals surface area contributed by atoms with Crippen LogP contribution in [0.4, 0.5) is 18.9 Å². The number of Topliss-reactive ketones (excluding diaryl/α,β-unsaturated/α-hetero) is 1. The monoisotopic (exact) mass is 442 g/mol. The Labute approximate surface area is 184 Å². The molecule has 2 fully saturated rings. The van der Waals surface area contributed by atoms with Gasteiger partial charge in [0, 0.05) is 30.0 Å². The Bertz CT molecular complexity index is 1180. The first-order valence-electron chi connectivity index (χ1n) is 11.1. The van der Waals surface area contributed by atoms with Gasteiger partial charge < -0.3 is 5.32 Å². The summed E-state index contributed by atoms with van der Waals surface area (Å²) >= 11 is 0. The lowest BCUT2D eigenvalue weighted by atomic mass is 9.98. The highest BCUT2D eigenvalue weighted by molar-refractivity contribution is 5.98. The van der Waals surface area contributed by atoms with Crippen molar-refractivity contribution in [2.24, 2.45) is 5.92 Å². The van der Waals surface area contributed by atoms with Crippen molar-refractivity contribution in [3.63, 3.8) is 0 Å². The summed E-state index contributed by atoms with van der Waals surface area (Å²) in [6.07, 6.45) is 1.50. The van der Waals surface area contributed by atoms with E-state index >= 15 is 0 Å². The van der Waals surface area contributed by atoms with Gasteiger partial charge in [-0.3, -0.25) is 4.79 Å². The van der Waals surface area contributed by atoms with Crippen molar-refractivity contribution in [2.45, 2.75) is 57.5 Å². The number of aryl methyl sites for hydroxylation is 1. The van der Waals surface area contributed by atoms with Gasteiger partial charge >= 0.3 is 6.18 Å². The van der Waals surface area contributed by atoms with Crippen molar-refractivity contribution in [2.75, 3.05) is 11.9 Å². The number of carbonyl (C=O) groups excluding carboxylic acids is 1. The van der Waals surface area contributed by atoms with E-state index in [1.165, 1.54) is 0 Å². The van der Waals surface area contributed by atoms with Crippen molar-refractivity contribution in [1.29, 1.82) is 0 Å². The van der Waals surface area contributed by atoms with Crippen LogP contribution in [-0.2, 0) is 0 Å². The maximum atomic E-state index is 12.6. The first-order chi connectivity index (χ1) is 15.3. The second kappa shape index (κ2) is 7.90. The summed E-state index contributed by atoms with van der Waals surface area (Å²) in [6, 6.07) is 7.55. The highest BCUT2D eigenvalue weighted by Gasteiger charge is 2.29. The molecule has 2 saturated carbocycles. The van der Waals surface area contributed by atoms with Gasteiger partial charge in [-0.1, -0.05) is 12.1 Å². The van der Waals surface area contributed by atoms with E-state index in [1.807, 2.05) is 31.2 Å². The summed E-state index contributed by atoms with van der Waals surface area (Å²) in [5.41, 5.74) is 5.20. The number of hydrogen-bond acceptors (Lipinski definition) is 4. The molecule has 2 aliphatic rings. The molecule has 168 valence electrons. The van der Waals surface area contributed by atoms with Crippen molar-refractivity contribution < 1.29 is 18.0 Å². The second-order valence-corrected chi connectivity index (χ2v) is 9.03. The molecule has 0 unspecified atom stereocenters. The maximum absolute atomic E-state index is 12.6. The fourth-order valence-corrected chi connectivity index (χ4v) is 4.06. The lowest BCUT2D eigenvalue weighted by Gasteiger charge is -2.12. The van der Waals surface area contributed by atoms with Crippen LogP contribution in [0.5, 0.6) is 0 Å². The summed E-state index contributed by atoms with van der Waals surface area (Å²) in [5, 5.41) is 7.65. The Morgan fingerprint density at radius 3 is 2.62 bits per heavy atom. The number of anilines is 1. The molecule has 0 atom stereocenters. The van der Waals surface area contributed by atoms with Crippen LogP contribution in [-0.4, -0.2) is 33.1 Å². The Balaban J connectivity index is 1.47. The summed E-state index contributed by atoms with van der Waals surface area (Å²) in [5.74, 6) is 1.05. The average molecular weight is 442 g/mol. The third-order valence-electron chi connectivity index (χ3n) is 6.20. The highest BCUT2D eigenvalue weighted by atomic mass is 19.4. The minimum atomic E-state index is -4.22. The van der Waals surface area contributed by atoms with Gasteiger partial charge in [-0.2, -0.15) is 18.3 Å². The molecule has 2 aliphatic carbocycles. The summed E-state index contributed by atoms with van der Waals surface area (Å²) in [7, 11) is 0. The van der Waals surface area contributed by atoms with Crippen LogP contribution in [0, 0.1) is 12.8 Å². The van der Waals surface area contributed by atoms with Crippen LogP contribution in [0.2, 0.25) is 0 Å². The van der Waals surface area contributed by atoms with Crippen molar-refractivity contribution in [3.05, 3.63) is 47.3 Å². The normalized spacial score (nSPS) is 16.5. The summed E-state index contributed by atoms with van der Waals surface area (Å²) < 4.78 is 39.6. The molecular weight excluding hydrogens is 417 g/mol. The predicted octanol–water partition coefficient (Wildman–Crippen LogP) is 5.93. The van der Waals surface area contributed by atoms with E-state index in [1.54, 1.807) is 10.7 Å². The number of ketones is 1. The zero-order valence-electron chi connectivity index (χ0n) is 17.9. The van der Waals surface area contributed by atoms with E-state index in [0.717, 1.165) is 53.8 Å². The first kappa shape index (κ1) is 21.0. The molecule has 0 spiro atoms. The van der Waals surface area contributed by atoms with E-state index in [-0.39, 0.29) is 12.3 Å². The lowest BCUT2D eigenvalue weighted by molar-refractivity contribution is -0.131. The Morgan fingerprint density at radius 1 is 1.19 bits per heavy atom. The minimum Gasteiger partial charge on any atom is -0.382 e. The highest BCUT2D eigenvalue weighted by Crippen LogP contribution is 2.40. The van der Waals surface area contributed by atoms with E-state index in [9.17, 15) is 18.0 Å². The van der Waals surface area contributed by atoms with Gasteiger partial charge in [-0.05, 0) is 56.2 Å². The average Bonchev–Trinajstić information content (AvgIpc) is 3.65. The number of carbonyl (C=O) groups is 1. The number of halogens is 3. The second-order valence-electron chi connectivity index (χ2n) is 9.03. The number of rotatable bonds is 8.